The molecular weight excluding hydrogens is 912 g/mol. The fourth-order valence-electron chi connectivity index (χ4n) is 9.68. The van der Waals surface area contributed by atoms with Crippen LogP contribution in [0.2, 0.25) is 0 Å². The van der Waals surface area contributed by atoms with Crippen LogP contribution in [-0.2, 0) is 18.4 Å². The van der Waals surface area contributed by atoms with Crippen LogP contribution in [0.5, 0.6) is 0 Å². The van der Waals surface area contributed by atoms with Gasteiger partial charge < -0.3 is 28.8 Å². The molecule has 3 atom stereocenters. The molecular formula is C63H125N2O6P. The molecule has 72 heavy (non-hydrogen) atoms. The monoisotopic (exact) mass is 1040 g/mol. The lowest BCUT2D eigenvalue weighted by atomic mass is 10.0. The molecule has 0 fully saturated rings. The van der Waals surface area contributed by atoms with Gasteiger partial charge in [0.2, 0.25) is 5.91 Å². The molecule has 0 aliphatic carbocycles. The molecule has 0 aromatic heterocycles. The molecule has 0 aromatic rings. The van der Waals surface area contributed by atoms with Crippen molar-refractivity contribution in [3.63, 3.8) is 0 Å². The molecule has 0 aliphatic heterocycles. The van der Waals surface area contributed by atoms with Crippen LogP contribution in [0.1, 0.15) is 322 Å². The number of allylic oxidation sites excluding steroid dienone is 3. The first kappa shape index (κ1) is 71.0. The minimum absolute atomic E-state index is 0.000133. The van der Waals surface area contributed by atoms with Crippen molar-refractivity contribution >= 4 is 13.7 Å². The van der Waals surface area contributed by atoms with E-state index in [4.69, 9.17) is 9.05 Å². The summed E-state index contributed by atoms with van der Waals surface area (Å²) in [5.74, 6) is -0.197. The van der Waals surface area contributed by atoms with Crippen LogP contribution in [0.4, 0.5) is 0 Å². The molecule has 0 radical (unpaired) electrons. The Hall–Kier alpha value is -1.02. The minimum atomic E-state index is -4.60. The summed E-state index contributed by atoms with van der Waals surface area (Å²) in [5.41, 5.74) is 0. The first-order valence-electron chi connectivity index (χ1n) is 31.7. The van der Waals surface area contributed by atoms with Crippen LogP contribution in [-0.4, -0.2) is 68.5 Å². The zero-order chi connectivity index (χ0) is 52.7. The number of aliphatic hydroxyl groups is 1. The van der Waals surface area contributed by atoms with Gasteiger partial charge in [-0.2, -0.15) is 0 Å². The van der Waals surface area contributed by atoms with Gasteiger partial charge in [0.05, 0.1) is 39.9 Å². The molecule has 9 heteroatoms. The number of hydrogen-bond donors (Lipinski definition) is 2. The number of rotatable bonds is 59. The van der Waals surface area contributed by atoms with Gasteiger partial charge in [-0.25, -0.2) is 0 Å². The number of carbonyl (C=O) groups excluding carboxylic acids is 1. The van der Waals surface area contributed by atoms with Crippen molar-refractivity contribution in [1.82, 2.24) is 5.32 Å². The van der Waals surface area contributed by atoms with E-state index in [2.05, 4.69) is 31.3 Å². The van der Waals surface area contributed by atoms with Gasteiger partial charge in [-0.1, -0.05) is 295 Å². The Morgan fingerprint density at radius 1 is 0.472 bits per heavy atom. The van der Waals surface area contributed by atoms with E-state index in [-0.39, 0.29) is 19.1 Å². The van der Waals surface area contributed by atoms with E-state index in [9.17, 15) is 19.4 Å². The summed E-state index contributed by atoms with van der Waals surface area (Å²) < 4.78 is 23.4. The molecule has 0 saturated heterocycles. The maximum Gasteiger partial charge on any atom is 0.268 e. The lowest BCUT2D eigenvalue weighted by Crippen LogP contribution is -2.45. The second-order valence-corrected chi connectivity index (χ2v) is 24.5. The first-order valence-corrected chi connectivity index (χ1v) is 33.2. The van der Waals surface area contributed by atoms with E-state index in [0.717, 1.165) is 38.5 Å². The van der Waals surface area contributed by atoms with Crippen LogP contribution in [0.25, 0.3) is 0 Å². The fourth-order valence-corrected chi connectivity index (χ4v) is 10.4. The van der Waals surface area contributed by atoms with Crippen LogP contribution in [0.3, 0.4) is 0 Å². The van der Waals surface area contributed by atoms with Crippen molar-refractivity contribution in [3.8, 4) is 0 Å². The van der Waals surface area contributed by atoms with Gasteiger partial charge in [0.1, 0.15) is 13.2 Å². The number of hydrogen-bond acceptors (Lipinski definition) is 6. The summed E-state index contributed by atoms with van der Waals surface area (Å²) in [4.78, 5) is 25.5. The van der Waals surface area contributed by atoms with Gasteiger partial charge in [0.25, 0.3) is 7.82 Å². The van der Waals surface area contributed by atoms with E-state index >= 15 is 0 Å². The predicted octanol–water partition coefficient (Wildman–Crippen LogP) is 18.9. The normalized spacial score (nSPS) is 13.9. The summed E-state index contributed by atoms with van der Waals surface area (Å²) in [6.45, 7) is 4.69. The lowest BCUT2D eigenvalue weighted by molar-refractivity contribution is -0.870. The Labute approximate surface area is 449 Å². The van der Waals surface area contributed by atoms with Gasteiger partial charge in [-0.3, -0.25) is 9.36 Å². The van der Waals surface area contributed by atoms with Crippen LogP contribution in [0, 0.1) is 0 Å². The third-order valence-electron chi connectivity index (χ3n) is 14.7. The number of amides is 1. The van der Waals surface area contributed by atoms with Crippen LogP contribution < -0.4 is 10.2 Å². The van der Waals surface area contributed by atoms with E-state index in [1.165, 1.54) is 263 Å². The Morgan fingerprint density at radius 3 is 1.08 bits per heavy atom. The van der Waals surface area contributed by atoms with E-state index in [0.29, 0.717) is 17.4 Å². The number of nitrogens with zero attached hydrogens (tertiary/aromatic N) is 1. The zero-order valence-electron chi connectivity index (χ0n) is 48.9. The third kappa shape index (κ3) is 56.7. The van der Waals surface area contributed by atoms with Crippen molar-refractivity contribution in [3.05, 3.63) is 24.3 Å². The van der Waals surface area contributed by atoms with Crippen molar-refractivity contribution in [2.75, 3.05) is 40.9 Å². The molecule has 2 N–H and O–H groups in total. The maximum atomic E-state index is 13.0. The highest BCUT2D eigenvalue weighted by Crippen LogP contribution is 2.38. The molecule has 0 aromatic carbocycles. The first-order chi connectivity index (χ1) is 35.0. The average molecular weight is 1040 g/mol. The largest absolute Gasteiger partial charge is 0.756 e. The summed E-state index contributed by atoms with van der Waals surface area (Å²) in [6, 6.07) is -0.888. The Morgan fingerprint density at radius 2 is 0.764 bits per heavy atom. The number of aliphatic hydroxyl groups excluding tert-OH is 1. The quantitative estimate of drug-likeness (QED) is 0.0272. The van der Waals surface area contributed by atoms with E-state index in [1.807, 2.05) is 27.2 Å². The van der Waals surface area contributed by atoms with E-state index in [1.54, 1.807) is 6.08 Å². The van der Waals surface area contributed by atoms with Gasteiger partial charge in [0.15, 0.2) is 0 Å². The molecule has 1 amide bonds. The molecule has 0 spiro atoms. The van der Waals surface area contributed by atoms with Crippen molar-refractivity contribution in [2.45, 2.75) is 334 Å². The highest BCUT2D eigenvalue weighted by atomic mass is 31.2. The number of quaternary nitrogens is 1. The number of phosphoric ester groups is 1. The smallest absolute Gasteiger partial charge is 0.268 e. The predicted molar refractivity (Wildman–Crippen MR) is 312 cm³/mol. The Kier molecular flexibility index (Phi) is 54.0. The third-order valence-corrected chi connectivity index (χ3v) is 15.6. The van der Waals surface area contributed by atoms with Crippen molar-refractivity contribution in [1.29, 1.82) is 0 Å². The fraction of sp³-hybridized carbons (Fsp3) is 0.921. The highest BCUT2D eigenvalue weighted by molar-refractivity contribution is 7.45. The molecule has 0 aliphatic rings. The molecule has 8 nitrogen and oxygen atoms in total. The number of unbranched alkanes of at least 4 members (excludes halogenated alkanes) is 44. The second kappa shape index (κ2) is 54.8. The number of carbonyl (C=O) groups is 1. The summed E-state index contributed by atoms with van der Waals surface area (Å²) in [7, 11) is 1.27. The SMILES string of the molecule is CCCCCCCCC/C=C\CCCCCCCCCC(=O)NC(COP(=O)([O-])OCC[N+](C)(C)C)C(O)/C=C/CCCCCCCCCCCCCCCCCCCCCCCCCCCCCCCC. The molecule has 0 heterocycles. The molecule has 0 rings (SSSR count). The minimum Gasteiger partial charge on any atom is -0.756 e. The van der Waals surface area contributed by atoms with Crippen LogP contribution in [0.15, 0.2) is 24.3 Å². The summed E-state index contributed by atoms with van der Waals surface area (Å²) in [6.07, 6.45) is 69.9. The lowest BCUT2D eigenvalue weighted by Gasteiger charge is -2.29. The molecule has 0 bridgehead atoms. The average Bonchev–Trinajstić information content (AvgIpc) is 3.34. The van der Waals surface area contributed by atoms with Gasteiger partial charge in [-0.05, 0) is 44.9 Å². The van der Waals surface area contributed by atoms with Crippen molar-refractivity contribution in [2.24, 2.45) is 0 Å². The Balaban J connectivity index is 4.06. The van der Waals surface area contributed by atoms with E-state index < -0.39 is 20.0 Å². The molecule has 0 saturated carbocycles. The second-order valence-electron chi connectivity index (χ2n) is 23.1. The Bertz CT molecular complexity index is 1220. The maximum absolute atomic E-state index is 13.0. The number of nitrogens with one attached hydrogen (secondary N) is 1. The van der Waals surface area contributed by atoms with Gasteiger partial charge in [-0.15, -0.1) is 0 Å². The molecule has 3 unspecified atom stereocenters. The highest BCUT2D eigenvalue weighted by Gasteiger charge is 2.23. The van der Waals surface area contributed by atoms with Gasteiger partial charge >= 0.3 is 0 Å². The topological polar surface area (TPSA) is 108 Å². The van der Waals surface area contributed by atoms with Crippen molar-refractivity contribution < 1.29 is 32.9 Å². The zero-order valence-corrected chi connectivity index (χ0v) is 49.8. The standard InChI is InChI=1S/C63H125N2O6P/c1-6-8-10-12-14-16-18-20-22-24-26-27-28-29-30-31-32-33-34-35-36-37-38-39-40-42-44-46-48-50-52-54-56-62(66)61(60-71-72(68,69)70-59-58-65(3,4)5)64-63(67)57-55-53-51-49-47-45-43-41-25-23-21-19-17-15-13-11-9-7-2/h23,25,54,56,61-62,66H,6-22,24,26-53,55,57-60H2,1-5H3,(H-,64,67,68,69)/b25-23-,56-54+. The molecule has 428 valence electrons. The number of phosphoric acid groups is 1. The number of likely N-dealkylation sites (N-methyl/N-ethyl adjacent to an activating group) is 1. The summed E-state index contributed by atoms with van der Waals surface area (Å²) in [5, 5.41) is 13.9. The van der Waals surface area contributed by atoms with Crippen LogP contribution >= 0.6 is 7.82 Å². The van der Waals surface area contributed by atoms with Gasteiger partial charge in [0, 0.05) is 6.42 Å². The summed E-state index contributed by atoms with van der Waals surface area (Å²) >= 11 is 0.